The zero-order valence-corrected chi connectivity index (χ0v) is 6.22. The van der Waals surface area contributed by atoms with Gasteiger partial charge in [0.15, 0.2) is 0 Å². The van der Waals surface area contributed by atoms with E-state index in [1.165, 1.54) is 0 Å². The highest BCUT2D eigenvalue weighted by Gasteiger charge is 1.91. The van der Waals surface area contributed by atoms with Crippen molar-refractivity contribution >= 4 is 6.72 Å². The normalized spacial score (nSPS) is 10.7. The predicted octanol–water partition coefficient (Wildman–Crippen LogP) is 1.62. The summed E-state index contributed by atoms with van der Waals surface area (Å²) in [5.41, 5.74) is 7.29. The molecule has 0 rings (SSSR count). The van der Waals surface area contributed by atoms with Gasteiger partial charge in [-0.3, -0.25) is 4.99 Å². The molecule has 0 aliphatic rings. The predicted molar refractivity (Wildman–Crippen MR) is 45.8 cm³/mol. The molecule has 0 amide bonds. The average molecular weight is 136 g/mol. The van der Waals surface area contributed by atoms with Crippen molar-refractivity contribution in [3.63, 3.8) is 0 Å². The summed E-state index contributed by atoms with van der Waals surface area (Å²) >= 11 is 0. The van der Waals surface area contributed by atoms with Crippen LogP contribution in [0.2, 0.25) is 0 Å². The summed E-state index contributed by atoms with van der Waals surface area (Å²) in [5.74, 6) is 0. The van der Waals surface area contributed by atoms with Gasteiger partial charge in [-0.15, -0.1) is 0 Å². The Morgan fingerprint density at radius 2 is 2.00 bits per heavy atom. The van der Waals surface area contributed by atoms with Crippen molar-refractivity contribution in [1.82, 2.24) is 0 Å². The van der Waals surface area contributed by atoms with Gasteiger partial charge in [0.05, 0.1) is 5.70 Å². The van der Waals surface area contributed by atoms with E-state index in [9.17, 15) is 0 Å². The Bertz CT molecular complexity index is 199. The fourth-order valence-electron chi connectivity index (χ4n) is 0.479. The third-order valence-corrected chi connectivity index (χ3v) is 0.930. The molecule has 10 heavy (non-hydrogen) atoms. The van der Waals surface area contributed by atoms with Crippen LogP contribution in [0.4, 0.5) is 0 Å². The minimum Gasteiger partial charge on any atom is -0.399 e. The van der Waals surface area contributed by atoms with Crippen molar-refractivity contribution in [2.75, 3.05) is 0 Å². The second kappa shape index (κ2) is 3.67. The summed E-state index contributed by atoms with van der Waals surface area (Å²) < 4.78 is 0. The van der Waals surface area contributed by atoms with Crippen LogP contribution in [0.5, 0.6) is 0 Å². The molecule has 0 aliphatic heterocycles. The molecular formula is C8H12N2. The lowest BCUT2D eigenvalue weighted by molar-refractivity contribution is 1.28. The van der Waals surface area contributed by atoms with Gasteiger partial charge in [-0.2, -0.15) is 0 Å². The summed E-state index contributed by atoms with van der Waals surface area (Å²) in [4.78, 5) is 3.70. The van der Waals surface area contributed by atoms with Crippen LogP contribution in [0.15, 0.2) is 41.2 Å². The number of nitrogens with zero attached hydrogens (tertiary/aromatic N) is 1. The lowest BCUT2D eigenvalue weighted by Gasteiger charge is -1.97. The lowest BCUT2D eigenvalue weighted by Crippen LogP contribution is -1.91. The summed E-state index contributed by atoms with van der Waals surface area (Å²) in [5, 5.41) is 0. The highest BCUT2D eigenvalue weighted by molar-refractivity contribution is 5.39. The maximum absolute atomic E-state index is 5.31. The van der Waals surface area contributed by atoms with Crippen molar-refractivity contribution in [2.45, 2.75) is 6.92 Å². The van der Waals surface area contributed by atoms with Gasteiger partial charge in [-0.05, 0) is 25.3 Å². The zero-order chi connectivity index (χ0) is 8.15. The van der Waals surface area contributed by atoms with E-state index in [2.05, 4.69) is 24.9 Å². The summed E-state index contributed by atoms with van der Waals surface area (Å²) in [6, 6.07) is 0. The standard InChI is InChI=1S/C8H12N2/c1-6(2)8(10-4)5-7(3)9/h5H,1,3-4,9H2,2H3/b8-5-. The van der Waals surface area contributed by atoms with Crippen molar-refractivity contribution in [3.05, 3.63) is 36.2 Å². The van der Waals surface area contributed by atoms with Gasteiger partial charge in [0.2, 0.25) is 0 Å². The first-order valence-corrected chi connectivity index (χ1v) is 2.86. The second-order valence-corrected chi connectivity index (χ2v) is 2.04. The summed E-state index contributed by atoms with van der Waals surface area (Å²) in [6.45, 7) is 12.4. The number of nitrogens with two attached hydrogens (primary N) is 1. The van der Waals surface area contributed by atoms with Gasteiger partial charge < -0.3 is 5.73 Å². The number of allylic oxidation sites excluding steroid dienone is 2. The number of rotatable bonds is 3. The smallest absolute Gasteiger partial charge is 0.0665 e. The highest BCUT2D eigenvalue weighted by atomic mass is 14.7. The van der Waals surface area contributed by atoms with E-state index in [-0.39, 0.29) is 0 Å². The Morgan fingerprint density at radius 1 is 1.50 bits per heavy atom. The Labute approximate surface area is 61.5 Å². The highest BCUT2D eigenvalue weighted by Crippen LogP contribution is 2.07. The zero-order valence-electron chi connectivity index (χ0n) is 6.22. The van der Waals surface area contributed by atoms with Gasteiger partial charge in [-0.1, -0.05) is 13.2 Å². The first-order valence-electron chi connectivity index (χ1n) is 2.86. The average Bonchev–Trinajstić information content (AvgIpc) is 1.81. The molecule has 0 fully saturated rings. The van der Waals surface area contributed by atoms with Crippen molar-refractivity contribution in [1.29, 1.82) is 0 Å². The molecule has 0 bridgehead atoms. The molecule has 54 valence electrons. The molecule has 0 atom stereocenters. The topological polar surface area (TPSA) is 38.4 Å². The van der Waals surface area contributed by atoms with Crippen LogP contribution in [0.3, 0.4) is 0 Å². The molecule has 2 heteroatoms. The Balaban J connectivity index is 4.49. The first kappa shape index (κ1) is 8.69. The van der Waals surface area contributed by atoms with Crippen LogP contribution in [0.25, 0.3) is 0 Å². The second-order valence-electron chi connectivity index (χ2n) is 2.04. The molecule has 0 aromatic heterocycles. The van der Waals surface area contributed by atoms with E-state index in [1.54, 1.807) is 6.08 Å². The van der Waals surface area contributed by atoms with Gasteiger partial charge >= 0.3 is 0 Å². The first-order chi connectivity index (χ1) is 4.57. The van der Waals surface area contributed by atoms with E-state index < -0.39 is 0 Å². The van der Waals surface area contributed by atoms with E-state index in [4.69, 9.17) is 5.73 Å². The minimum atomic E-state index is 0.463. The summed E-state index contributed by atoms with van der Waals surface area (Å²) in [7, 11) is 0. The van der Waals surface area contributed by atoms with Gasteiger partial charge in [0.1, 0.15) is 0 Å². The van der Waals surface area contributed by atoms with Crippen LogP contribution < -0.4 is 5.73 Å². The molecule has 0 spiro atoms. The molecule has 0 aromatic carbocycles. The van der Waals surface area contributed by atoms with Crippen LogP contribution in [0.1, 0.15) is 6.92 Å². The van der Waals surface area contributed by atoms with E-state index in [0.29, 0.717) is 11.4 Å². The third kappa shape index (κ3) is 2.87. The van der Waals surface area contributed by atoms with Crippen molar-refractivity contribution < 1.29 is 0 Å². The molecule has 0 heterocycles. The Hall–Kier alpha value is -1.31. The number of aliphatic imine (C=N–C) groups is 1. The quantitative estimate of drug-likeness (QED) is 0.464. The van der Waals surface area contributed by atoms with Crippen molar-refractivity contribution in [2.24, 2.45) is 10.7 Å². The number of hydrogen-bond donors (Lipinski definition) is 1. The van der Waals surface area contributed by atoms with E-state index in [1.807, 2.05) is 6.92 Å². The molecule has 0 radical (unpaired) electrons. The molecule has 0 aromatic rings. The molecule has 2 nitrogen and oxygen atoms in total. The van der Waals surface area contributed by atoms with Gasteiger partial charge in [0, 0.05) is 5.70 Å². The van der Waals surface area contributed by atoms with Crippen LogP contribution in [-0.4, -0.2) is 6.72 Å². The maximum atomic E-state index is 5.31. The molecule has 2 N–H and O–H groups in total. The fraction of sp³-hybridized carbons (Fsp3) is 0.125. The van der Waals surface area contributed by atoms with E-state index >= 15 is 0 Å². The summed E-state index contributed by atoms with van der Waals surface area (Å²) in [6.07, 6.45) is 1.63. The monoisotopic (exact) mass is 136 g/mol. The van der Waals surface area contributed by atoms with Crippen LogP contribution in [-0.2, 0) is 0 Å². The van der Waals surface area contributed by atoms with E-state index in [0.717, 1.165) is 5.57 Å². The third-order valence-electron chi connectivity index (χ3n) is 0.930. The lowest BCUT2D eigenvalue weighted by atomic mass is 10.2. The minimum absolute atomic E-state index is 0.463. The molecule has 0 saturated heterocycles. The van der Waals surface area contributed by atoms with Gasteiger partial charge in [-0.25, -0.2) is 0 Å². The van der Waals surface area contributed by atoms with Crippen LogP contribution in [0, 0.1) is 0 Å². The molecular weight excluding hydrogens is 124 g/mol. The maximum Gasteiger partial charge on any atom is 0.0665 e. The molecule has 0 unspecified atom stereocenters. The molecule has 0 aliphatic carbocycles. The number of hydrogen-bond acceptors (Lipinski definition) is 2. The van der Waals surface area contributed by atoms with Crippen LogP contribution >= 0.6 is 0 Å². The Kier molecular flexibility index (Phi) is 3.19. The SMILES string of the molecule is C=N/C(=C\C(=C)N)C(=C)C. The van der Waals surface area contributed by atoms with Gasteiger partial charge in [0.25, 0.3) is 0 Å². The largest absolute Gasteiger partial charge is 0.399 e. The van der Waals surface area contributed by atoms with Crippen molar-refractivity contribution in [3.8, 4) is 0 Å². The molecule has 0 saturated carbocycles. The Morgan fingerprint density at radius 3 is 2.10 bits per heavy atom. The fourth-order valence-corrected chi connectivity index (χ4v) is 0.479.